The van der Waals surface area contributed by atoms with Crippen LogP contribution in [0.4, 0.5) is 4.39 Å². The molecule has 1 aromatic heterocycles. The molecule has 6 aromatic rings. The molecular weight excluding hydrogens is 852 g/mol. The number of pyridine rings is 1. The van der Waals surface area contributed by atoms with Gasteiger partial charge in [0.2, 0.25) is 5.91 Å². The molecule has 1 unspecified atom stereocenters. The van der Waals surface area contributed by atoms with Crippen LogP contribution in [0, 0.1) is 19.7 Å². The molecule has 9 nitrogen and oxygen atoms in total. The third-order valence-electron chi connectivity index (χ3n) is 12.9. The Balaban J connectivity index is 0.920. The van der Waals surface area contributed by atoms with Crippen molar-refractivity contribution in [3.05, 3.63) is 181 Å². The minimum absolute atomic E-state index is 0.107. The number of amides is 1. The molecule has 5 aromatic carbocycles. The number of fused-ring (bicyclic) bond motifs is 2. The van der Waals surface area contributed by atoms with Crippen LogP contribution >= 0.6 is 23.2 Å². The Morgan fingerprint density at radius 2 is 1.70 bits per heavy atom. The molecule has 0 saturated carbocycles. The van der Waals surface area contributed by atoms with E-state index in [2.05, 4.69) is 34.6 Å². The van der Waals surface area contributed by atoms with E-state index < -0.39 is 29.6 Å². The molecule has 12 heteroatoms. The second-order valence-corrected chi connectivity index (χ2v) is 18.0. The molecule has 2 N–H and O–H groups in total. The molecule has 3 aliphatic heterocycles. The van der Waals surface area contributed by atoms with Crippen LogP contribution in [0.15, 0.2) is 115 Å². The summed E-state index contributed by atoms with van der Waals surface area (Å²) < 4.78 is 33.0. The first-order chi connectivity index (χ1) is 30.9. The summed E-state index contributed by atoms with van der Waals surface area (Å²) in [4.78, 5) is 33.3. The number of hydrogen-bond donors (Lipinski definition) is 2. The minimum atomic E-state index is -1.16. The summed E-state index contributed by atoms with van der Waals surface area (Å²) in [7, 11) is 0. The summed E-state index contributed by atoms with van der Waals surface area (Å²) in [5.74, 6) is -0.186. The van der Waals surface area contributed by atoms with Gasteiger partial charge in [0.05, 0.1) is 35.9 Å². The van der Waals surface area contributed by atoms with Crippen molar-refractivity contribution in [1.82, 2.24) is 15.2 Å². The summed E-state index contributed by atoms with van der Waals surface area (Å²) in [5, 5.41) is 14.2. The summed E-state index contributed by atoms with van der Waals surface area (Å²) in [6.07, 6.45) is 3.77. The Kier molecular flexibility index (Phi) is 12.5. The van der Waals surface area contributed by atoms with E-state index in [4.69, 9.17) is 37.4 Å². The maximum atomic E-state index is 14.5. The van der Waals surface area contributed by atoms with Gasteiger partial charge < -0.3 is 24.6 Å². The van der Waals surface area contributed by atoms with Crippen molar-refractivity contribution in [2.24, 2.45) is 0 Å². The second kappa shape index (κ2) is 18.4. The van der Waals surface area contributed by atoms with Gasteiger partial charge in [0.15, 0.2) is 5.60 Å². The van der Waals surface area contributed by atoms with Gasteiger partial charge >= 0.3 is 5.97 Å². The molecule has 64 heavy (non-hydrogen) atoms. The van der Waals surface area contributed by atoms with Crippen molar-refractivity contribution in [1.29, 1.82) is 0 Å². The number of aromatic nitrogens is 1. The first-order valence-corrected chi connectivity index (χ1v) is 22.3. The van der Waals surface area contributed by atoms with Crippen LogP contribution in [0.25, 0.3) is 11.1 Å². The zero-order chi connectivity index (χ0) is 44.5. The maximum absolute atomic E-state index is 14.5. The quantitative estimate of drug-likeness (QED) is 0.125. The van der Waals surface area contributed by atoms with Crippen LogP contribution < -0.4 is 14.8 Å². The van der Waals surface area contributed by atoms with Crippen molar-refractivity contribution in [3.63, 3.8) is 0 Å². The number of hydrogen-bond acceptors (Lipinski definition) is 7. The van der Waals surface area contributed by atoms with Gasteiger partial charge in [-0.05, 0) is 138 Å². The van der Waals surface area contributed by atoms with Gasteiger partial charge in [-0.3, -0.25) is 14.7 Å². The number of nitrogens with one attached hydrogen (secondary N) is 1. The van der Waals surface area contributed by atoms with Crippen LogP contribution in [0.2, 0.25) is 10.0 Å². The Hall–Kier alpha value is -5.78. The van der Waals surface area contributed by atoms with Crippen molar-refractivity contribution >= 4 is 35.1 Å². The number of carboxylic acids is 1. The third-order valence-corrected chi connectivity index (χ3v) is 13.7. The zero-order valence-corrected chi connectivity index (χ0v) is 37.1. The van der Waals surface area contributed by atoms with Gasteiger partial charge in [-0.2, -0.15) is 0 Å². The van der Waals surface area contributed by atoms with E-state index in [1.807, 2.05) is 79.4 Å². The molecule has 3 atom stereocenters. The van der Waals surface area contributed by atoms with E-state index in [9.17, 15) is 19.1 Å². The summed E-state index contributed by atoms with van der Waals surface area (Å²) in [5.41, 5.74) is 10.1. The molecule has 0 spiro atoms. The first kappa shape index (κ1) is 43.5. The van der Waals surface area contributed by atoms with Gasteiger partial charge in [0, 0.05) is 37.0 Å². The first-order valence-electron chi connectivity index (χ1n) is 21.5. The van der Waals surface area contributed by atoms with Crippen LogP contribution in [0.1, 0.15) is 62.5 Å². The highest BCUT2D eigenvalue weighted by Gasteiger charge is 2.43. The third kappa shape index (κ3) is 9.24. The van der Waals surface area contributed by atoms with Crippen molar-refractivity contribution < 1.29 is 33.3 Å². The smallest absolute Gasteiger partial charge is 0.326 e. The number of carboxylic acid groups (broad SMARTS) is 1. The Labute approximate surface area is 382 Å². The Bertz CT molecular complexity index is 2710. The van der Waals surface area contributed by atoms with E-state index >= 15 is 0 Å². The number of rotatable bonds is 12. The number of ether oxygens (including phenoxy) is 3. The Morgan fingerprint density at radius 3 is 2.42 bits per heavy atom. The largest absolute Gasteiger partial charge is 0.493 e. The lowest BCUT2D eigenvalue weighted by Crippen LogP contribution is -2.54. The number of aryl methyl sites for hydroxylation is 1. The fourth-order valence-electron chi connectivity index (χ4n) is 9.14. The van der Waals surface area contributed by atoms with Gasteiger partial charge in [-0.15, -0.1) is 0 Å². The summed E-state index contributed by atoms with van der Waals surface area (Å²) in [6.45, 7) is 6.04. The van der Waals surface area contributed by atoms with E-state index in [1.54, 1.807) is 18.3 Å². The molecule has 0 bridgehead atoms. The van der Waals surface area contributed by atoms with Crippen LogP contribution in [-0.4, -0.2) is 58.8 Å². The van der Waals surface area contributed by atoms with Gasteiger partial charge in [0.1, 0.15) is 23.4 Å². The number of benzene rings is 5. The molecule has 1 fully saturated rings. The van der Waals surface area contributed by atoms with Crippen LogP contribution in [0.5, 0.6) is 11.5 Å². The molecule has 1 amide bonds. The fourth-order valence-corrected chi connectivity index (χ4v) is 9.43. The number of aliphatic carboxylic acids is 1. The second-order valence-electron chi connectivity index (χ2n) is 17.2. The van der Waals surface area contributed by atoms with E-state index in [-0.39, 0.29) is 18.2 Å². The normalized spacial score (nSPS) is 18.3. The summed E-state index contributed by atoms with van der Waals surface area (Å²) >= 11 is 12.5. The lowest BCUT2D eigenvalue weighted by atomic mass is 9.86. The number of halogens is 3. The molecule has 4 heterocycles. The average molecular weight is 901 g/mol. The van der Waals surface area contributed by atoms with E-state index in [0.29, 0.717) is 54.9 Å². The lowest BCUT2D eigenvalue weighted by Gasteiger charge is -2.42. The molecule has 0 radical (unpaired) electrons. The standard InChI is InChI=1S/C52H48Cl2FN3O6/c1-31-32(2)56-18-16-44(31)36-8-6-33(7-9-36)21-47(51(60)61)57-50(59)48-24-38-25-49-39(23-40(38)28-58(48)27-34-4-3-5-42(55)20-34)22-37(17-19-63-49)35-10-13-43(14-11-35)64-52(29-62-30-52)41-12-15-45(53)46(54)26-41/h3-16,18,20,23,25-26,37,47-48H,17,19,21-22,24,27-30H2,1-2H3,(H,57,59)(H,60,61)/t37?,47-,48-/m0/s1. The minimum Gasteiger partial charge on any atom is -0.493 e. The zero-order valence-electron chi connectivity index (χ0n) is 35.6. The molecule has 9 rings (SSSR count). The highest BCUT2D eigenvalue weighted by atomic mass is 35.5. The number of nitrogens with zero attached hydrogens (tertiary/aromatic N) is 2. The van der Waals surface area contributed by atoms with Crippen molar-refractivity contribution in [2.45, 2.75) is 76.2 Å². The molecule has 1 saturated heterocycles. The van der Waals surface area contributed by atoms with E-state index in [1.165, 1.54) is 17.7 Å². The lowest BCUT2D eigenvalue weighted by molar-refractivity contribution is -0.167. The fraction of sp³-hybridized carbons (Fsp3) is 0.288. The topological polar surface area (TPSA) is 110 Å². The average Bonchev–Trinajstić information content (AvgIpc) is 3.48. The van der Waals surface area contributed by atoms with Gasteiger partial charge in [-0.1, -0.05) is 83.9 Å². The SMILES string of the molecule is Cc1nccc(-c2ccc(C[C@H](NC(=O)[C@@H]3Cc4cc5c(cc4CN3Cc3cccc(F)c3)CC(c3ccc(OC4(c6ccc(Cl)c(Cl)c6)COC4)cc3)CCO5)C(=O)O)cc2)c1C. The summed E-state index contributed by atoms with van der Waals surface area (Å²) in [6, 6.07) is 32.2. The predicted octanol–water partition coefficient (Wildman–Crippen LogP) is 9.96. The highest BCUT2D eigenvalue weighted by Crippen LogP contribution is 2.40. The maximum Gasteiger partial charge on any atom is 0.326 e. The van der Waals surface area contributed by atoms with Crippen LogP contribution in [0.3, 0.4) is 0 Å². The van der Waals surface area contributed by atoms with Crippen LogP contribution in [-0.2, 0) is 52.3 Å². The number of carbonyl (C=O) groups is 2. The van der Waals surface area contributed by atoms with Gasteiger partial charge in [-0.25, -0.2) is 9.18 Å². The Morgan fingerprint density at radius 1 is 0.906 bits per heavy atom. The molecule has 328 valence electrons. The number of carbonyl (C=O) groups excluding carboxylic acids is 1. The monoisotopic (exact) mass is 899 g/mol. The van der Waals surface area contributed by atoms with Crippen molar-refractivity contribution in [3.8, 4) is 22.6 Å². The van der Waals surface area contributed by atoms with Gasteiger partial charge in [0.25, 0.3) is 0 Å². The molecule has 3 aliphatic rings. The molecular formula is C52H48Cl2FN3O6. The van der Waals surface area contributed by atoms with Crippen molar-refractivity contribution in [2.75, 3.05) is 19.8 Å². The molecule has 0 aliphatic carbocycles. The predicted molar refractivity (Wildman–Crippen MR) is 245 cm³/mol. The van der Waals surface area contributed by atoms with E-state index in [0.717, 1.165) is 74.5 Å². The highest BCUT2D eigenvalue weighted by molar-refractivity contribution is 6.42.